The molecular weight excluding hydrogens is 447 g/mol. The number of hydrogen-bond donors (Lipinski definition) is 1. The van der Waals surface area contributed by atoms with Gasteiger partial charge in [-0.25, -0.2) is 0 Å². The molecule has 0 aliphatic heterocycles. The highest BCUT2D eigenvalue weighted by Crippen LogP contribution is 2.29. The van der Waals surface area contributed by atoms with E-state index in [0.717, 1.165) is 22.4 Å². The zero-order valence-corrected chi connectivity index (χ0v) is 19.6. The van der Waals surface area contributed by atoms with Gasteiger partial charge < -0.3 is 14.8 Å². The highest BCUT2D eigenvalue weighted by molar-refractivity contribution is 6.32. The molecule has 7 heteroatoms. The second-order valence-electron chi connectivity index (χ2n) is 7.13. The number of nitrogens with zero attached hydrogens (tertiary/aromatic N) is 1. The Hall–Kier alpha value is -3.02. The van der Waals surface area contributed by atoms with Gasteiger partial charge in [-0.05, 0) is 79.9 Å². The van der Waals surface area contributed by atoms with Crippen molar-refractivity contribution in [2.45, 2.75) is 20.8 Å². The summed E-state index contributed by atoms with van der Waals surface area (Å²) in [6.07, 6.45) is 1.72. The summed E-state index contributed by atoms with van der Waals surface area (Å²) in [5, 5.41) is 4.03. The van der Waals surface area contributed by atoms with Gasteiger partial charge in [0.25, 0.3) is 5.91 Å². The number of ether oxygens (including phenoxy) is 2. The van der Waals surface area contributed by atoms with Gasteiger partial charge in [0, 0.05) is 21.9 Å². The Bertz CT molecular complexity index is 1150. The average molecular weight is 471 g/mol. The molecular formula is C25H24Cl2N2O3. The molecule has 3 rings (SSSR count). The van der Waals surface area contributed by atoms with Gasteiger partial charge in [0.15, 0.2) is 18.1 Å². The SMILES string of the molecule is CCOc1cc(C=Nc2ccc(C)c(Cl)c2)ccc1OCC(=O)Nc1ccc(C)c(Cl)c1. The maximum atomic E-state index is 12.3. The maximum absolute atomic E-state index is 12.3. The summed E-state index contributed by atoms with van der Waals surface area (Å²) in [4.78, 5) is 16.7. The molecule has 0 saturated heterocycles. The van der Waals surface area contributed by atoms with Crippen LogP contribution in [0.5, 0.6) is 11.5 Å². The van der Waals surface area contributed by atoms with Gasteiger partial charge in [-0.3, -0.25) is 9.79 Å². The third-order valence-corrected chi connectivity index (χ3v) is 5.41. The van der Waals surface area contributed by atoms with E-state index >= 15 is 0 Å². The summed E-state index contributed by atoms with van der Waals surface area (Å²) in [7, 11) is 0. The number of carbonyl (C=O) groups excluding carboxylic acids is 1. The predicted molar refractivity (Wildman–Crippen MR) is 131 cm³/mol. The van der Waals surface area contributed by atoms with Crippen molar-refractivity contribution < 1.29 is 14.3 Å². The number of anilines is 1. The van der Waals surface area contributed by atoms with E-state index in [0.29, 0.717) is 33.8 Å². The molecule has 3 aromatic carbocycles. The average Bonchev–Trinajstić information content (AvgIpc) is 2.76. The van der Waals surface area contributed by atoms with Crippen molar-refractivity contribution in [2.24, 2.45) is 4.99 Å². The fourth-order valence-corrected chi connectivity index (χ4v) is 3.17. The molecule has 0 spiro atoms. The molecule has 0 heterocycles. The van der Waals surface area contributed by atoms with Gasteiger partial charge in [0.2, 0.25) is 0 Å². The lowest BCUT2D eigenvalue weighted by atomic mass is 10.2. The van der Waals surface area contributed by atoms with Crippen molar-refractivity contribution in [3.05, 3.63) is 81.3 Å². The first-order valence-corrected chi connectivity index (χ1v) is 10.9. The van der Waals surface area contributed by atoms with Crippen LogP contribution >= 0.6 is 23.2 Å². The third kappa shape index (κ3) is 6.49. The van der Waals surface area contributed by atoms with Crippen LogP contribution in [0, 0.1) is 13.8 Å². The van der Waals surface area contributed by atoms with Crippen molar-refractivity contribution in [1.29, 1.82) is 0 Å². The van der Waals surface area contributed by atoms with Gasteiger partial charge in [-0.2, -0.15) is 0 Å². The lowest BCUT2D eigenvalue weighted by Crippen LogP contribution is -2.20. The number of carbonyl (C=O) groups is 1. The minimum Gasteiger partial charge on any atom is -0.490 e. The molecule has 32 heavy (non-hydrogen) atoms. The van der Waals surface area contributed by atoms with Gasteiger partial charge in [0.1, 0.15) is 0 Å². The molecule has 0 radical (unpaired) electrons. The second kappa shape index (κ2) is 11.0. The number of hydrogen-bond acceptors (Lipinski definition) is 4. The van der Waals surface area contributed by atoms with Crippen LogP contribution in [0.1, 0.15) is 23.6 Å². The molecule has 1 amide bonds. The van der Waals surface area contributed by atoms with Gasteiger partial charge in [-0.15, -0.1) is 0 Å². The summed E-state index contributed by atoms with van der Waals surface area (Å²) >= 11 is 12.3. The van der Waals surface area contributed by atoms with E-state index in [1.165, 1.54) is 0 Å². The summed E-state index contributed by atoms with van der Waals surface area (Å²) in [6, 6.07) is 16.4. The fraction of sp³-hybridized carbons (Fsp3) is 0.200. The maximum Gasteiger partial charge on any atom is 0.262 e. The van der Waals surface area contributed by atoms with E-state index < -0.39 is 0 Å². The van der Waals surface area contributed by atoms with Gasteiger partial charge >= 0.3 is 0 Å². The number of halogens is 2. The molecule has 0 bridgehead atoms. The quantitative estimate of drug-likeness (QED) is 0.369. The number of aryl methyl sites for hydroxylation is 2. The van der Waals surface area contributed by atoms with Crippen LogP contribution in [0.15, 0.2) is 59.6 Å². The second-order valence-corrected chi connectivity index (χ2v) is 7.95. The van der Waals surface area contributed by atoms with E-state index in [4.69, 9.17) is 32.7 Å². The fourth-order valence-electron chi connectivity index (χ4n) is 2.81. The first kappa shape index (κ1) is 23.6. The monoisotopic (exact) mass is 470 g/mol. The number of rotatable bonds is 8. The summed E-state index contributed by atoms with van der Waals surface area (Å²) in [5.41, 5.74) is 4.14. The largest absolute Gasteiger partial charge is 0.490 e. The van der Waals surface area contributed by atoms with Crippen LogP contribution in [0.4, 0.5) is 11.4 Å². The molecule has 0 atom stereocenters. The van der Waals surface area contributed by atoms with Crippen LogP contribution in [0.25, 0.3) is 0 Å². The Balaban J connectivity index is 1.67. The van der Waals surface area contributed by atoms with Crippen LogP contribution < -0.4 is 14.8 Å². The molecule has 0 saturated carbocycles. The molecule has 0 fully saturated rings. The van der Waals surface area contributed by atoms with Gasteiger partial charge in [0.05, 0.1) is 12.3 Å². The Morgan fingerprint density at radius 3 is 2.34 bits per heavy atom. The minimum atomic E-state index is -0.297. The Morgan fingerprint density at radius 1 is 0.938 bits per heavy atom. The van der Waals surface area contributed by atoms with Gasteiger partial charge in [-0.1, -0.05) is 35.3 Å². The van der Waals surface area contributed by atoms with Crippen molar-refractivity contribution in [2.75, 3.05) is 18.5 Å². The van der Waals surface area contributed by atoms with E-state index in [2.05, 4.69) is 10.3 Å². The van der Waals surface area contributed by atoms with Crippen LogP contribution in [0.3, 0.4) is 0 Å². The van der Waals surface area contributed by atoms with E-state index in [9.17, 15) is 4.79 Å². The normalized spacial score (nSPS) is 10.9. The minimum absolute atomic E-state index is 0.166. The molecule has 0 unspecified atom stereocenters. The number of benzene rings is 3. The number of nitrogens with one attached hydrogen (secondary N) is 1. The summed E-state index contributed by atoms with van der Waals surface area (Å²) < 4.78 is 11.4. The van der Waals surface area contributed by atoms with Crippen molar-refractivity contribution in [1.82, 2.24) is 0 Å². The Labute approximate surface area is 198 Å². The number of amides is 1. The summed E-state index contributed by atoms with van der Waals surface area (Å²) in [6.45, 7) is 6.02. The lowest BCUT2D eigenvalue weighted by Gasteiger charge is -2.13. The van der Waals surface area contributed by atoms with E-state index in [1.54, 1.807) is 24.4 Å². The molecule has 166 valence electrons. The third-order valence-electron chi connectivity index (χ3n) is 4.60. The van der Waals surface area contributed by atoms with Crippen molar-refractivity contribution in [3.8, 4) is 11.5 Å². The zero-order chi connectivity index (χ0) is 23.1. The Kier molecular flexibility index (Phi) is 8.14. The molecule has 5 nitrogen and oxygen atoms in total. The van der Waals surface area contributed by atoms with Crippen LogP contribution in [-0.2, 0) is 4.79 Å². The highest BCUT2D eigenvalue weighted by Gasteiger charge is 2.10. The first-order chi connectivity index (χ1) is 15.4. The standard InChI is InChI=1S/C25H24Cl2N2O3/c1-4-31-24-11-18(14-28-19-8-5-16(2)21(26)12-19)7-10-23(24)32-15-25(30)29-20-9-6-17(3)22(27)13-20/h5-14H,4,15H2,1-3H3,(H,29,30). The van der Waals surface area contributed by atoms with Crippen molar-refractivity contribution >= 4 is 46.7 Å². The Morgan fingerprint density at radius 2 is 1.66 bits per heavy atom. The molecule has 0 aromatic heterocycles. The van der Waals surface area contributed by atoms with Crippen molar-refractivity contribution in [3.63, 3.8) is 0 Å². The van der Waals surface area contributed by atoms with E-state index in [-0.39, 0.29) is 12.5 Å². The number of aliphatic imine (C=N–C) groups is 1. The van der Waals surface area contributed by atoms with Crippen LogP contribution in [-0.4, -0.2) is 25.3 Å². The predicted octanol–water partition coefficient (Wildman–Crippen LogP) is 6.78. The lowest BCUT2D eigenvalue weighted by molar-refractivity contribution is -0.118. The molecule has 1 N–H and O–H groups in total. The topological polar surface area (TPSA) is 59.9 Å². The van der Waals surface area contributed by atoms with Crippen LogP contribution in [0.2, 0.25) is 10.0 Å². The van der Waals surface area contributed by atoms with E-state index in [1.807, 2.05) is 57.2 Å². The first-order valence-electron chi connectivity index (χ1n) is 10.1. The zero-order valence-electron chi connectivity index (χ0n) is 18.1. The summed E-state index contributed by atoms with van der Waals surface area (Å²) in [5.74, 6) is 0.707. The molecule has 0 aliphatic carbocycles. The highest BCUT2D eigenvalue weighted by atomic mass is 35.5. The molecule has 3 aromatic rings. The molecule has 0 aliphatic rings. The smallest absolute Gasteiger partial charge is 0.262 e.